The summed E-state index contributed by atoms with van der Waals surface area (Å²) in [7, 11) is 0. The minimum atomic E-state index is -0.314. The summed E-state index contributed by atoms with van der Waals surface area (Å²) in [6.07, 6.45) is 1.24. The maximum Gasteiger partial charge on any atom is 0.303 e. The summed E-state index contributed by atoms with van der Waals surface area (Å²) in [6, 6.07) is 0. The molecule has 0 aromatic heterocycles. The van der Waals surface area contributed by atoms with Gasteiger partial charge in [-0.3, -0.25) is 9.59 Å². The van der Waals surface area contributed by atoms with E-state index < -0.39 is 0 Å². The highest BCUT2D eigenvalue weighted by molar-refractivity contribution is 5.67. The van der Waals surface area contributed by atoms with Crippen molar-refractivity contribution in [2.75, 3.05) is 0 Å². The molecule has 0 saturated heterocycles. The van der Waals surface area contributed by atoms with Crippen LogP contribution in [0.15, 0.2) is 0 Å². The van der Waals surface area contributed by atoms with E-state index in [-0.39, 0.29) is 30.1 Å². The van der Waals surface area contributed by atoms with Gasteiger partial charge in [0.1, 0.15) is 12.2 Å². The van der Waals surface area contributed by atoms with Crippen molar-refractivity contribution in [1.82, 2.24) is 0 Å². The Morgan fingerprint density at radius 3 is 2.19 bits per heavy atom. The third-order valence-corrected chi connectivity index (χ3v) is 3.31. The number of hydrogen-bond acceptors (Lipinski definition) is 4. The van der Waals surface area contributed by atoms with Gasteiger partial charge in [-0.15, -0.1) is 0 Å². The molecular formula is C12H20O4. The molecule has 1 fully saturated rings. The van der Waals surface area contributed by atoms with Crippen LogP contribution in [0.2, 0.25) is 0 Å². The molecule has 4 nitrogen and oxygen atoms in total. The van der Waals surface area contributed by atoms with Crippen molar-refractivity contribution in [3.63, 3.8) is 0 Å². The van der Waals surface area contributed by atoms with E-state index in [1.54, 1.807) is 0 Å². The maximum atomic E-state index is 11.0. The van der Waals surface area contributed by atoms with Crippen LogP contribution in [0, 0.1) is 11.8 Å². The molecule has 4 heteroatoms. The van der Waals surface area contributed by atoms with Crippen LogP contribution in [-0.2, 0) is 19.1 Å². The number of ether oxygens (including phenoxy) is 2. The Hall–Kier alpha value is -1.06. The predicted octanol–water partition coefficient (Wildman–Crippen LogP) is 1.92. The lowest BCUT2D eigenvalue weighted by Crippen LogP contribution is -2.33. The molecule has 1 saturated carbocycles. The lowest BCUT2D eigenvalue weighted by atomic mass is 9.95. The average Bonchev–Trinajstić information content (AvgIpc) is 2.44. The minimum absolute atomic E-state index is 0.248. The van der Waals surface area contributed by atoms with Gasteiger partial charge in [0.2, 0.25) is 0 Å². The first-order valence-corrected chi connectivity index (χ1v) is 5.80. The standard InChI is InChI=1S/C12H20O4/c1-5-10-6-11(15-8(3)13)12(7(10)2)16-9(4)14/h7,10-12H,5-6H2,1-4H3/t7-,10+,11-,12-/m1/s1. The molecule has 0 amide bonds. The topological polar surface area (TPSA) is 52.6 Å². The van der Waals surface area contributed by atoms with E-state index in [1.165, 1.54) is 13.8 Å². The summed E-state index contributed by atoms with van der Waals surface area (Å²) < 4.78 is 10.5. The van der Waals surface area contributed by atoms with Crippen LogP contribution in [0.5, 0.6) is 0 Å². The number of hydrogen-bond donors (Lipinski definition) is 0. The van der Waals surface area contributed by atoms with Gasteiger partial charge in [0.25, 0.3) is 0 Å². The number of rotatable bonds is 3. The third-order valence-electron chi connectivity index (χ3n) is 3.31. The molecule has 1 rings (SSSR count). The first kappa shape index (κ1) is 13.0. The van der Waals surface area contributed by atoms with E-state index in [0.717, 1.165) is 12.8 Å². The summed E-state index contributed by atoms with van der Waals surface area (Å²) in [5.41, 5.74) is 0. The highest BCUT2D eigenvalue weighted by Crippen LogP contribution is 2.37. The van der Waals surface area contributed by atoms with Crippen LogP contribution in [0.4, 0.5) is 0 Å². The highest BCUT2D eigenvalue weighted by atomic mass is 16.6. The Labute approximate surface area is 96.3 Å². The van der Waals surface area contributed by atoms with Crippen molar-refractivity contribution in [2.45, 2.75) is 52.7 Å². The van der Waals surface area contributed by atoms with Crippen molar-refractivity contribution in [2.24, 2.45) is 11.8 Å². The summed E-state index contributed by atoms with van der Waals surface area (Å²) in [5.74, 6) is 0.0730. The van der Waals surface area contributed by atoms with Gasteiger partial charge >= 0.3 is 11.9 Å². The van der Waals surface area contributed by atoms with Gasteiger partial charge in [-0.05, 0) is 18.3 Å². The Morgan fingerprint density at radius 2 is 1.75 bits per heavy atom. The van der Waals surface area contributed by atoms with Gasteiger partial charge in [0.15, 0.2) is 0 Å². The maximum absolute atomic E-state index is 11.0. The van der Waals surface area contributed by atoms with Crippen molar-refractivity contribution in [1.29, 1.82) is 0 Å². The Kier molecular flexibility index (Phi) is 4.33. The van der Waals surface area contributed by atoms with Gasteiger partial charge in [0.05, 0.1) is 0 Å². The fourth-order valence-electron chi connectivity index (χ4n) is 2.50. The molecule has 92 valence electrons. The van der Waals surface area contributed by atoms with Crippen LogP contribution >= 0.6 is 0 Å². The molecule has 0 radical (unpaired) electrons. The van der Waals surface area contributed by atoms with Crippen molar-refractivity contribution in [3.05, 3.63) is 0 Å². The lowest BCUT2D eigenvalue weighted by molar-refractivity contribution is -0.164. The third kappa shape index (κ3) is 2.97. The van der Waals surface area contributed by atoms with Crippen molar-refractivity contribution in [3.8, 4) is 0 Å². The monoisotopic (exact) mass is 228 g/mol. The quantitative estimate of drug-likeness (QED) is 0.692. The fourth-order valence-corrected chi connectivity index (χ4v) is 2.50. The molecule has 0 spiro atoms. The largest absolute Gasteiger partial charge is 0.459 e. The smallest absolute Gasteiger partial charge is 0.303 e. The molecule has 0 heterocycles. The van der Waals surface area contributed by atoms with Gasteiger partial charge in [0, 0.05) is 13.8 Å². The second kappa shape index (κ2) is 5.32. The molecule has 0 aromatic rings. The Morgan fingerprint density at radius 1 is 1.19 bits per heavy atom. The van der Waals surface area contributed by atoms with Gasteiger partial charge < -0.3 is 9.47 Å². The van der Waals surface area contributed by atoms with Crippen molar-refractivity contribution >= 4 is 11.9 Å². The zero-order valence-corrected chi connectivity index (χ0v) is 10.4. The normalized spacial score (nSPS) is 33.5. The number of carbonyl (C=O) groups excluding carboxylic acids is 2. The molecule has 1 aliphatic carbocycles. The van der Waals surface area contributed by atoms with E-state index in [1.807, 2.05) is 6.92 Å². The van der Waals surface area contributed by atoms with Crippen LogP contribution in [0.3, 0.4) is 0 Å². The first-order chi connectivity index (χ1) is 7.45. The highest BCUT2D eigenvalue weighted by Gasteiger charge is 2.43. The second-order valence-electron chi connectivity index (χ2n) is 4.49. The van der Waals surface area contributed by atoms with Gasteiger partial charge in [-0.1, -0.05) is 20.3 Å². The van der Waals surface area contributed by atoms with E-state index in [0.29, 0.717) is 5.92 Å². The van der Waals surface area contributed by atoms with Gasteiger partial charge in [-0.2, -0.15) is 0 Å². The SMILES string of the molecule is CC[C@H]1C[C@@H](OC(C)=O)[C@H](OC(C)=O)[C@@H]1C. The zero-order valence-electron chi connectivity index (χ0n) is 10.4. The molecule has 1 aliphatic rings. The molecule has 4 atom stereocenters. The van der Waals surface area contributed by atoms with E-state index in [4.69, 9.17) is 9.47 Å². The molecule has 0 bridgehead atoms. The first-order valence-electron chi connectivity index (χ1n) is 5.80. The van der Waals surface area contributed by atoms with Crippen LogP contribution in [0.25, 0.3) is 0 Å². The molecule has 0 unspecified atom stereocenters. The second-order valence-corrected chi connectivity index (χ2v) is 4.49. The van der Waals surface area contributed by atoms with Crippen LogP contribution in [-0.4, -0.2) is 24.1 Å². The van der Waals surface area contributed by atoms with Crippen LogP contribution < -0.4 is 0 Å². The molecule has 0 aliphatic heterocycles. The predicted molar refractivity (Wildman–Crippen MR) is 58.7 cm³/mol. The number of carbonyl (C=O) groups is 2. The molecule has 16 heavy (non-hydrogen) atoms. The Balaban J connectivity index is 2.72. The fraction of sp³-hybridized carbons (Fsp3) is 0.833. The van der Waals surface area contributed by atoms with Gasteiger partial charge in [-0.25, -0.2) is 0 Å². The number of esters is 2. The van der Waals surface area contributed by atoms with E-state index >= 15 is 0 Å². The molecular weight excluding hydrogens is 208 g/mol. The summed E-state index contributed by atoms with van der Waals surface area (Å²) in [4.78, 5) is 22.0. The summed E-state index contributed by atoms with van der Waals surface area (Å²) >= 11 is 0. The summed E-state index contributed by atoms with van der Waals surface area (Å²) in [6.45, 7) is 6.92. The minimum Gasteiger partial charge on any atom is -0.459 e. The van der Waals surface area contributed by atoms with E-state index in [9.17, 15) is 9.59 Å². The molecule has 0 aromatic carbocycles. The average molecular weight is 228 g/mol. The Bertz CT molecular complexity index is 274. The van der Waals surface area contributed by atoms with E-state index in [2.05, 4.69) is 6.92 Å². The zero-order chi connectivity index (χ0) is 12.3. The lowest BCUT2D eigenvalue weighted by Gasteiger charge is -2.22. The molecule has 0 N–H and O–H groups in total. The van der Waals surface area contributed by atoms with Crippen LogP contribution in [0.1, 0.15) is 40.5 Å². The van der Waals surface area contributed by atoms with Crippen molar-refractivity contribution < 1.29 is 19.1 Å². The summed E-state index contributed by atoms with van der Waals surface area (Å²) in [5, 5.41) is 0.